The van der Waals surface area contributed by atoms with Crippen LogP contribution < -0.4 is 4.74 Å². The van der Waals surface area contributed by atoms with Gasteiger partial charge in [-0.25, -0.2) is 4.79 Å². The molecular weight excluding hydrogens is 568 g/mol. The molecule has 0 saturated heterocycles. The summed E-state index contributed by atoms with van der Waals surface area (Å²) >= 11 is 0. The molecule has 4 aromatic rings. The third-order valence-corrected chi connectivity index (χ3v) is 8.07. The summed E-state index contributed by atoms with van der Waals surface area (Å²) in [4.78, 5) is 54.8. The van der Waals surface area contributed by atoms with Crippen LogP contribution in [0.5, 0.6) is 5.75 Å². The molecule has 3 aromatic carbocycles. The van der Waals surface area contributed by atoms with Gasteiger partial charge in [0, 0.05) is 58.9 Å². The van der Waals surface area contributed by atoms with Crippen LogP contribution in [0.3, 0.4) is 0 Å². The predicted octanol–water partition coefficient (Wildman–Crippen LogP) is 8.46. The summed E-state index contributed by atoms with van der Waals surface area (Å²) in [5.74, 6) is -0.602. The second-order valence-electron chi connectivity index (χ2n) is 11.5. The van der Waals surface area contributed by atoms with Crippen molar-refractivity contribution >= 4 is 51.0 Å². The monoisotopic (exact) mass is 610 g/mol. The van der Waals surface area contributed by atoms with Crippen molar-refractivity contribution in [3.63, 3.8) is 0 Å². The molecule has 8 nitrogen and oxygen atoms in total. The van der Waals surface area contributed by atoms with E-state index >= 15 is 0 Å². The number of fused-ring (bicyclic) bond motifs is 3. The van der Waals surface area contributed by atoms with Gasteiger partial charge in [-0.15, -0.1) is 0 Å². The third-order valence-electron chi connectivity index (χ3n) is 8.07. The molecule has 1 heterocycles. The largest absolute Gasteiger partial charge is 0.427 e. The Morgan fingerprint density at radius 2 is 1.36 bits per heavy atom. The molecule has 0 amide bonds. The fourth-order valence-electron chi connectivity index (χ4n) is 5.60. The van der Waals surface area contributed by atoms with E-state index in [2.05, 4.69) is 23.6 Å². The number of rotatable bonds is 15. The first-order valence-electron chi connectivity index (χ1n) is 15.8. The number of aromatic nitrogens is 1. The number of hydrogen-bond donors (Lipinski definition) is 0. The first-order valence-corrected chi connectivity index (χ1v) is 15.8. The van der Waals surface area contributed by atoms with Gasteiger partial charge in [-0.05, 0) is 85.8 Å². The van der Waals surface area contributed by atoms with Gasteiger partial charge in [0.2, 0.25) is 5.78 Å². The normalized spacial score (nSPS) is 12.3. The highest BCUT2D eigenvalue weighted by atomic mass is 16.7. The minimum absolute atomic E-state index is 0.163. The topological polar surface area (TPSA) is 104 Å². The Labute approximate surface area is 264 Å². The van der Waals surface area contributed by atoms with E-state index in [1.165, 1.54) is 13.8 Å². The maximum absolute atomic E-state index is 13.6. The lowest BCUT2D eigenvalue weighted by atomic mass is 9.99. The molecule has 0 aliphatic heterocycles. The lowest BCUT2D eigenvalue weighted by molar-refractivity contribution is -0.141. The number of unbranched alkanes of at least 4 members (excludes halogenated alkanes) is 2. The van der Waals surface area contributed by atoms with E-state index in [4.69, 9.17) is 9.57 Å². The summed E-state index contributed by atoms with van der Waals surface area (Å²) in [5, 5.41) is 5.64. The molecule has 1 unspecified atom stereocenters. The molecule has 0 N–H and O–H groups in total. The fraction of sp³-hybridized carbons (Fsp3) is 0.378. The molecule has 0 bridgehead atoms. The number of oxime groups is 1. The summed E-state index contributed by atoms with van der Waals surface area (Å²) in [5.41, 5.74) is 3.60. The van der Waals surface area contributed by atoms with Crippen LogP contribution in [0.2, 0.25) is 0 Å². The Morgan fingerprint density at radius 1 is 0.756 bits per heavy atom. The van der Waals surface area contributed by atoms with Crippen LogP contribution in [0.1, 0.15) is 106 Å². The standard InChI is InChI=1S/C37H42N2O6/c1-6-9-11-26(8-3)23-39-34-19-15-28(36(42)27-13-17-30(18-14-27)44-24(4)40)21-31(34)32-22-29(16-20-35(32)39)37(43)33(12-10-7-2)38-45-25(5)41/h13-22,26H,6-12,23H2,1-5H3/b38-33+. The number of esters is 1. The zero-order valence-corrected chi connectivity index (χ0v) is 26.9. The zero-order valence-electron chi connectivity index (χ0n) is 26.9. The third kappa shape index (κ3) is 8.12. The van der Waals surface area contributed by atoms with Gasteiger partial charge in [-0.3, -0.25) is 14.4 Å². The number of benzene rings is 3. The maximum Gasteiger partial charge on any atom is 0.331 e. The van der Waals surface area contributed by atoms with E-state index in [0.29, 0.717) is 34.8 Å². The molecule has 236 valence electrons. The van der Waals surface area contributed by atoms with Gasteiger partial charge < -0.3 is 14.1 Å². The van der Waals surface area contributed by atoms with Crippen molar-refractivity contribution in [1.82, 2.24) is 4.57 Å². The number of hydrogen-bond acceptors (Lipinski definition) is 7. The fourth-order valence-corrected chi connectivity index (χ4v) is 5.60. The molecular formula is C37H42N2O6. The SMILES string of the molecule is CCCC/C(=N\OC(C)=O)C(=O)c1ccc2c(c1)c1cc(C(=O)c3ccc(OC(C)=O)cc3)ccc1n2CC(CC)CCCC. The molecule has 0 radical (unpaired) electrons. The van der Waals surface area contributed by atoms with Crippen LogP contribution in [-0.4, -0.2) is 33.8 Å². The number of carbonyl (C=O) groups is 4. The van der Waals surface area contributed by atoms with Crippen molar-refractivity contribution in [2.24, 2.45) is 11.1 Å². The van der Waals surface area contributed by atoms with Crippen molar-refractivity contribution in [2.45, 2.75) is 86.1 Å². The minimum atomic E-state index is -0.581. The number of carbonyl (C=O) groups excluding carboxylic acids is 4. The highest BCUT2D eigenvalue weighted by molar-refractivity contribution is 6.46. The van der Waals surface area contributed by atoms with E-state index in [1.807, 2.05) is 37.3 Å². The zero-order chi connectivity index (χ0) is 32.5. The van der Waals surface area contributed by atoms with Gasteiger partial charge in [0.25, 0.3) is 0 Å². The summed E-state index contributed by atoms with van der Waals surface area (Å²) in [6.45, 7) is 9.84. The molecule has 4 rings (SSSR count). The van der Waals surface area contributed by atoms with E-state index in [1.54, 1.807) is 30.3 Å². The van der Waals surface area contributed by atoms with Gasteiger partial charge in [-0.2, -0.15) is 0 Å². The van der Waals surface area contributed by atoms with Crippen LogP contribution in [0.4, 0.5) is 0 Å². The Kier molecular flexibility index (Phi) is 11.4. The van der Waals surface area contributed by atoms with Crippen LogP contribution >= 0.6 is 0 Å². The van der Waals surface area contributed by atoms with Crippen molar-refractivity contribution < 1.29 is 28.8 Å². The van der Waals surface area contributed by atoms with Crippen LogP contribution in [-0.2, 0) is 21.0 Å². The van der Waals surface area contributed by atoms with Crippen molar-refractivity contribution in [1.29, 1.82) is 0 Å². The van der Waals surface area contributed by atoms with E-state index < -0.39 is 11.9 Å². The van der Waals surface area contributed by atoms with Crippen LogP contribution in [0.15, 0.2) is 65.8 Å². The first-order chi connectivity index (χ1) is 21.7. The molecule has 1 aromatic heterocycles. The average molecular weight is 611 g/mol. The Hall–Kier alpha value is -4.59. The molecule has 0 aliphatic carbocycles. The molecule has 0 saturated carbocycles. The van der Waals surface area contributed by atoms with E-state index in [9.17, 15) is 19.2 Å². The van der Waals surface area contributed by atoms with Gasteiger partial charge in [-0.1, -0.05) is 51.6 Å². The Morgan fingerprint density at radius 3 is 1.93 bits per heavy atom. The molecule has 45 heavy (non-hydrogen) atoms. The average Bonchev–Trinajstić information content (AvgIpc) is 3.34. The second-order valence-corrected chi connectivity index (χ2v) is 11.5. The summed E-state index contributed by atoms with van der Waals surface area (Å²) < 4.78 is 7.41. The Bertz CT molecular complexity index is 1730. The Balaban J connectivity index is 1.82. The summed E-state index contributed by atoms with van der Waals surface area (Å²) in [7, 11) is 0. The number of nitrogens with zero attached hydrogens (tertiary/aromatic N) is 2. The molecule has 1 atom stereocenters. The van der Waals surface area contributed by atoms with Crippen LogP contribution in [0.25, 0.3) is 21.8 Å². The number of Topliss-reactive ketones (excluding diaryl/α,β-unsaturated/α-hetero) is 1. The number of ether oxygens (including phenoxy) is 1. The highest BCUT2D eigenvalue weighted by Crippen LogP contribution is 2.33. The van der Waals surface area contributed by atoms with Gasteiger partial charge in [0.1, 0.15) is 11.5 Å². The summed E-state index contributed by atoms with van der Waals surface area (Å²) in [6.07, 6.45) is 6.45. The lowest BCUT2D eigenvalue weighted by Crippen LogP contribution is -2.16. The van der Waals surface area contributed by atoms with Crippen molar-refractivity contribution in [3.05, 3.63) is 77.4 Å². The maximum atomic E-state index is 13.6. The molecule has 0 aliphatic rings. The number of ketones is 2. The minimum Gasteiger partial charge on any atom is -0.427 e. The summed E-state index contributed by atoms with van der Waals surface area (Å²) in [6, 6.07) is 17.8. The van der Waals surface area contributed by atoms with E-state index in [-0.39, 0.29) is 17.3 Å². The highest BCUT2D eigenvalue weighted by Gasteiger charge is 2.21. The lowest BCUT2D eigenvalue weighted by Gasteiger charge is -2.17. The van der Waals surface area contributed by atoms with Crippen LogP contribution in [0, 0.1) is 5.92 Å². The van der Waals surface area contributed by atoms with Crippen molar-refractivity contribution in [2.75, 3.05) is 0 Å². The molecule has 8 heteroatoms. The second kappa shape index (κ2) is 15.4. The van der Waals surface area contributed by atoms with Crippen molar-refractivity contribution in [3.8, 4) is 5.75 Å². The van der Waals surface area contributed by atoms with Gasteiger partial charge in [0.15, 0.2) is 5.78 Å². The smallest absolute Gasteiger partial charge is 0.331 e. The first kappa shape index (κ1) is 33.3. The van der Waals surface area contributed by atoms with E-state index in [0.717, 1.165) is 66.9 Å². The molecule has 0 fully saturated rings. The quantitative estimate of drug-likeness (QED) is 0.0334. The van der Waals surface area contributed by atoms with Gasteiger partial charge in [0.05, 0.1) is 0 Å². The predicted molar refractivity (Wildman–Crippen MR) is 177 cm³/mol. The molecule has 0 spiro atoms. The van der Waals surface area contributed by atoms with Gasteiger partial charge >= 0.3 is 11.9 Å².